The predicted molar refractivity (Wildman–Crippen MR) is 134 cm³/mol. The minimum Gasteiger partial charge on any atom is -0.325 e. The standard InChI is InChI=1S/C25H29N3O3S2/c1-18-9-5-6-10-22(18)26-24(29)17-32-25-15-19(2)21-16-20(11-12-23(21)27-25)33(30,31)28-13-7-3-4-8-14-28/h5-6,9-12,15-16H,3-4,7-8,13-14,17H2,1-2H3,(H,26,29). The average molecular weight is 484 g/mol. The Bertz CT molecular complexity index is 1270. The van der Waals surface area contributed by atoms with Crippen molar-refractivity contribution < 1.29 is 13.2 Å². The number of carbonyl (C=O) groups excluding carboxylic acids is 1. The topological polar surface area (TPSA) is 79.4 Å². The highest BCUT2D eigenvalue weighted by molar-refractivity contribution is 7.99. The van der Waals surface area contributed by atoms with Gasteiger partial charge in [0.15, 0.2) is 0 Å². The van der Waals surface area contributed by atoms with Gasteiger partial charge in [0, 0.05) is 24.2 Å². The Hall–Kier alpha value is -2.42. The maximum Gasteiger partial charge on any atom is 0.243 e. The minimum absolute atomic E-state index is 0.0901. The normalized spacial score (nSPS) is 15.3. The molecule has 4 rings (SSSR count). The smallest absolute Gasteiger partial charge is 0.243 e. The molecule has 2 heterocycles. The van der Waals surface area contributed by atoms with Crippen LogP contribution in [0.4, 0.5) is 5.69 Å². The van der Waals surface area contributed by atoms with Crippen molar-refractivity contribution >= 4 is 44.3 Å². The number of rotatable bonds is 6. The van der Waals surface area contributed by atoms with E-state index in [9.17, 15) is 13.2 Å². The van der Waals surface area contributed by atoms with Gasteiger partial charge in [-0.05, 0) is 68.1 Å². The van der Waals surface area contributed by atoms with Crippen molar-refractivity contribution in [1.82, 2.24) is 9.29 Å². The van der Waals surface area contributed by atoms with Crippen LogP contribution in [0, 0.1) is 13.8 Å². The highest BCUT2D eigenvalue weighted by Gasteiger charge is 2.25. The third-order valence-corrected chi connectivity index (χ3v) is 8.74. The van der Waals surface area contributed by atoms with E-state index in [2.05, 4.69) is 10.3 Å². The number of hydrogen-bond donors (Lipinski definition) is 1. The van der Waals surface area contributed by atoms with Gasteiger partial charge >= 0.3 is 0 Å². The number of pyridine rings is 1. The zero-order valence-corrected chi connectivity index (χ0v) is 20.6. The molecule has 0 atom stereocenters. The average Bonchev–Trinajstić information content (AvgIpc) is 3.09. The van der Waals surface area contributed by atoms with Gasteiger partial charge in [-0.1, -0.05) is 42.8 Å². The second-order valence-electron chi connectivity index (χ2n) is 8.43. The number of aryl methyl sites for hydroxylation is 2. The second kappa shape index (κ2) is 10.2. The number of anilines is 1. The highest BCUT2D eigenvalue weighted by Crippen LogP contribution is 2.28. The molecule has 1 aliphatic rings. The van der Waals surface area contributed by atoms with Crippen LogP contribution < -0.4 is 5.32 Å². The van der Waals surface area contributed by atoms with Gasteiger partial charge in [-0.3, -0.25) is 4.79 Å². The van der Waals surface area contributed by atoms with Crippen molar-refractivity contribution in [3.8, 4) is 0 Å². The first kappa shape index (κ1) is 23.7. The molecule has 2 aromatic carbocycles. The van der Waals surface area contributed by atoms with Gasteiger partial charge in [0.1, 0.15) is 0 Å². The van der Waals surface area contributed by atoms with Gasteiger partial charge in [0.25, 0.3) is 0 Å². The maximum atomic E-state index is 13.2. The fraction of sp³-hybridized carbons (Fsp3) is 0.360. The molecule has 0 bridgehead atoms. The lowest BCUT2D eigenvalue weighted by Gasteiger charge is -2.20. The quantitative estimate of drug-likeness (QED) is 0.491. The van der Waals surface area contributed by atoms with Crippen LogP contribution >= 0.6 is 11.8 Å². The summed E-state index contributed by atoms with van der Waals surface area (Å²) in [7, 11) is -3.51. The number of fused-ring (bicyclic) bond motifs is 1. The number of nitrogens with one attached hydrogen (secondary N) is 1. The molecule has 1 saturated heterocycles. The van der Waals surface area contributed by atoms with E-state index in [1.807, 2.05) is 44.2 Å². The Morgan fingerprint density at radius 1 is 1.00 bits per heavy atom. The fourth-order valence-corrected chi connectivity index (χ4v) is 6.36. The summed E-state index contributed by atoms with van der Waals surface area (Å²) >= 11 is 1.37. The molecule has 0 unspecified atom stereocenters. The number of aromatic nitrogens is 1. The summed E-state index contributed by atoms with van der Waals surface area (Å²) < 4.78 is 28.0. The summed E-state index contributed by atoms with van der Waals surface area (Å²) in [4.78, 5) is 17.4. The van der Waals surface area contributed by atoms with Crippen molar-refractivity contribution in [3.63, 3.8) is 0 Å². The number of thioether (sulfide) groups is 1. The Morgan fingerprint density at radius 3 is 2.45 bits per heavy atom. The van der Waals surface area contributed by atoms with Gasteiger partial charge in [-0.2, -0.15) is 4.31 Å². The van der Waals surface area contributed by atoms with Crippen LogP contribution in [0.15, 0.2) is 58.5 Å². The first-order chi connectivity index (χ1) is 15.8. The van der Waals surface area contributed by atoms with Gasteiger partial charge in [0.2, 0.25) is 15.9 Å². The molecule has 0 spiro atoms. The predicted octanol–water partition coefficient (Wildman–Crippen LogP) is 5.15. The molecule has 0 aliphatic carbocycles. The van der Waals surface area contributed by atoms with Crippen LogP contribution in [-0.2, 0) is 14.8 Å². The van der Waals surface area contributed by atoms with E-state index < -0.39 is 10.0 Å². The van der Waals surface area contributed by atoms with Crippen molar-refractivity contribution in [2.45, 2.75) is 49.5 Å². The Kier molecular flexibility index (Phi) is 7.36. The summed E-state index contributed by atoms with van der Waals surface area (Å²) in [6.07, 6.45) is 3.98. The summed E-state index contributed by atoms with van der Waals surface area (Å²) in [5.41, 5.74) is 3.49. The largest absolute Gasteiger partial charge is 0.325 e. The number of benzene rings is 2. The van der Waals surface area contributed by atoms with E-state index in [-0.39, 0.29) is 11.7 Å². The van der Waals surface area contributed by atoms with Crippen LogP contribution in [0.3, 0.4) is 0 Å². The van der Waals surface area contributed by atoms with Gasteiger partial charge in [-0.25, -0.2) is 13.4 Å². The number of hydrogen-bond acceptors (Lipinski definition) is 5. The van der Waals surface area contributed by atoms with Crippen molar-refractivity contribution in [3.05, 3.63) is 59.7 Å². The Morgan fingerprint density at radius 2 is 1.73 bits per heavy atom. The Balaban J connectivity index is 1.50. The van der Waals surface area contributed by atoms with Gasteiger partial charge < -0.3 is 5.32 Å². The van der Waals surface area contributed by atoms with Gasteiger partial charge in [0.05, 0.1) is 21.2 Å². The van der Waals surface area contributed by atoms with E-state index in [0.29, 0.717) is 18.0 Å². The van der Waals surface area contributed by atoms with Crippen LogP contribution in [0.2, 0.25) is 0 Å². The molecule has 1 fully saturated rings. The molecule has 33 heavy (non-hydrogen) atoms. The first-order valence-electron chi connectivity index (χ1n) is 11.2. The van der Waals surface area contributed by atoms with Crippen LogP contribution in [0.5, 0.6) is 0 Å². The minimum atomic E-state index is -3.51. The second-order valence-corrected chi connectivity index (χ2v) is 11.4. The molecule has 0 radical (unpaired) electrons. The summed E-state index contributed by atoms with van der Waals surface area (Å²) in [6.45, 7) is 5.07. The molecule has 1 aliphatic heterocycles. The molecule has 174 valence electrons. The lowest BCUT2D eigenvalue weighted by Crippen LogP contribution is -2.31. The molecule has 3 aromatic rings. The molecule has 1 amide bonds. The molecular weight excluding hydrogens is 454 g/mol. The molecule has 0 saturated carbocycles. The summed E-state index contributed by atoms with van der Waals surface area (Å²) in [5, 5.41) is 4.49. The van der Waals surface area contributed by atoms with Gasteiger partial charge in [-0.15, -0.1) is 0 Å². The number of para-hydroxylation sites is 1. The first-order valence-corrected chi connectivity index (χ1v) is 13.7. The van der Waals surface area contributed by atoms with Crippen LogP contribution in [-0.4, -0.2) is 42.5 Å². The number of nitrogens with zero attached hydrogens (tertiary/aromatic N) is 2. The van der Waals surface area contributed by atoms with E-state index >= 15 is 0 Å². The van der Waals surface area contributed by atoms with E-state index in [1.54, 1.807) is 22.5 Å². The fourth-order valence-electron chi connectivity index (χ4n) is 4.05. The zero-order valence-electron chi connectivity index (χ0n) is 19.0. The number of amides is 1. The summed E-state index contributed by atoms with van der Waals surface area (Å²) in [5.74, 6) is 0.154. The third-order valence-electron chi connectivity index (χ3n) is 5.94. The maximum absolute atomic E-state index is 13.2. The van der Waals surface area contributed by atoms with Crippen LogP contribution in [0.25, 0.3) is 10.9 Å². The number of sulfonamides is 1. The molecule has 8 heteroatoms. The Labute approximate surface area is 199 Å². The molecule has 1 aromatic heterocycles. The highest BCUT2D eigenvalue weighted by atomic mass is 32.2. The molecule has 6 nitrogen and oxygen atoms in total. The third kappa shape index (κ3) is 5.57. The van der Waals surface area contributed by atoms with E-state index in [1.165, 1.54) is 11.8 Å². The monoisotopic (exact) mass is 483 g/mol. The lowest BCUT2D eigenvalue weighted by atomic mass is 10.1. The number of carbonyl (C=O) groups is 1. The van der Waals surface area contributed by atoms with E-state index in [4.69, 9.17) is 0 Å². The van der Waals surface area contributed by atoms with Crippen molar-refractivity contribution in [2.24, 2.45) is 0 Å². The molecular formula is C25H29N3O3S2. The lowest BCUT2D eigenvalue weighted by molar-refractivity contribution is -0.113. The summed E-state index contributed by atoms with van der Waals surface area (Å²) in [6, 6.07) is 14.7. The van der Waals surface area contributed by atoms with Crippen molar-refractivity contribution in [2.75, 3.05) is 24.2 Å². The SMILES string of the molecule is Cc1ccccc1NC(=O)CSc1cc(C)c2cc(S(=O)(=O)N3CCCCCC3)ccc2n1. The van der Waals surface area contributed by atoms with Crippen LogP contribution in [0.1, 0.15) is 36.8 Å². The zero-order chi connectivity index (χ0) is 23.4. The molecule has 1 N–H and O–H groups in total. The van der Waals surface area contributed by atoms with Crippen molar-refractivity contribution in [1.29, 1.82) is 0 Å². The van der Waals surface area contributed by atoms with E-state index in [0.717, 1.165) is 58.4 Å².